The molecule has 0 aromatic heterocycles. The van der Waals surface area contributed by atoms with Gasteiger partial charge in [-0.2, -0.15) is 10.3 Å². The summed E-state index contributed by atoms with van der Waals surface area (Å²) in [4.78, 5) is 17.4. The van der Waals surface area contributed by atoms with Crippen molar-refractivity contribution in [1.29, 1.82) is 5.26 Å². The summed E-state index contributed by atoms with van der Waals surface area (Å²) in [6, 6.07) is 8.44. The number of fused-ring (bicyclic) bond motifs is 1. The second-order valence-electron chi connectivity index (χ2n) is 5.27. The Balaban J connectivity index is 1.99. The molecular weight excluding hydrogens is 358 g/mol. The van der Waals surface area contributed by atoms with Gasteiger partial charge in [0.1, 0.15) is 6.42 Å². The Morgan fingerprint density at radius 2 is 2.09 bits per heavy atom. The third-order valence-corrected chi connectivity index (χ3v) is 7.08. The van der Waals surface area contributed by atoms with Crippen molar-refractivity contribution in [2.24, 2.45) is 4.99 Å². The number of nitriles is 1. The number of carbonyl (C=O) groups excluding carboxylic acids is 1. The number of halogens is 1. The van der Waals surface area contributed by atoms with E-state index in [1.807, 2.05) is 0 Å². The van der Waals surface area contributed by atoms with Gasteiger partial charge in [0.05, 0.1) is 23.6 Å². The van der Waals surface area contributed by atoms with E-state index in [0.29, 0.717) is 10.2 Å². The van der Waals surface area contributed by atoms with Crippen molar-refractivity contribution in [3.05, 3.63) is 29.3 Å². The first-order valence-electron chi connectivity index (χ1n) is 6.80. The van der Waals surface area contributed by atoms with E-state index in [-0.39, 0.29) is 29.2 Å². The molecule has 2 unspecified atom stereocenters. The lowest BCUT2D eigenvalue weighted by molar-refractivity contribution is -0.116. The van der Waals surface area contributed by atoms with Crippen LogP contribution in [0.2, 0.25) is 5.02 Å². The van der Waals surface area contributed by atoms with Crippen LogP contribution < -0.4 is 4.90 Å². The molecule has 120 valence electrons. The number of sulfone groups is 1. The number of carbonyl (C=O) groups is 1. The van der Waals surface area contributed by atoms with E-state index < -0.39 is 15.7 Å². The maximum atomic E-state index is 11.9. The predicted molar refractivity (Wildman–Crippen MR) is 90.4 cm³/mol. The van der Waals surface area contributed by atoms with E-state index in [4.69, 9.17) is 16.9 Å². The molecule has 0 aliphatic carbocycles. The molecule has 2 fully saturated rings. The molecule has 6 nitrogen and oxygen atoms in total. The highest BCUT2D eigenvalue weighted by Gasteiger charge is 2.49. The average Bonchev–Trinajstić information content (AvgIpc) is 2.91. The van der Waals surface area contributed by atoms with Gasteiger partial charge in [-0.25, -0.2) is 8.42 Å². The molecule has 2 aliphatic rings. The van der Waals surface area contributed by atoms with Crippen molar-refractivity contribution in [2.45, 2.75) is 17.7 Å². The van der Waals surface area contributed by atoms with E-state index in [1.54, 1.807) is 35.2 Å². The van der Waals surface area contributed by atoms with E-state index in [1.165, 1.54) is 11.8 Å². The molecule has 23 heavy (non-hydrogen) atoms. The van der Waals surface area contributed by atoms with Crippen LogP contribution in [0.1, 0.15) is 6.42 Å². The third kappa shape index (κ3) is 3.37. The van der Waals surface area contributed by atoms with Crippen LogP contribution in [0.3, 0.4) is 0 Å². The number of benzene rings is 1. The number of hydrogen-bond donors (Lipinski definition) is 0. The second-order valence-corrected chi connectivity index (χ2v) is 9.07. The van der Waals surface area contributed by atoms with Gasteiger partial charge in [-0.3, -0.25) is 4.79 Å². The molecule has 3 rings (SSSR count). The van der Waals surface area contributed by atoms with Crippen LogP contribution in [0, 0.1) is 11.3 Å². The molecule has 2 saturated heterocycles. The lowest BCUT2D eigenvalue weighted by atomic mass is 10.2. The normalized spacial score (nSPS) is 27.0. The van der Waals surface area contributed by atoms with Crippen LogP contribution in [0.5, 0.6) is 0 Å². The highest BCUT2D eigenvalue weighted by atomic mass is 35.5. The highest BCUT2D eigenvalue weighted by molar-refractivity contribution is 8.16. The Labute approximate surface area is 143 Å². The molecule has 0 saturated carbocycles. The number of anilines is 1. The molecule has 1 aromatic rings. The summed E-state index contributed by atoms with van der Waals surface area (Å²) in [7, 11) is -3.10. The van der Waals surface area contributed by atoms with Gasteiger partial charge in [-0.15, -0.1) is 0 Å². The van der Waals surface area contributed by atoms with Crippen LogP contribution in [0.15, 0.2) is 29.3 Å². The Hall–Kier alpha value is -1.56. The summed E-state index contributed by atoms with van der Waals surface area (Å²) in [6.07, 6.45) is -0.299. The third-order valence-electron chi connectivity index (χ3n) is 3.62. The largest absolute Gasteiger partial charge is 0.316 e. The second kappa shape index (κ2) is 6.15. The summed E-state index contributed by atoms with van der Waals surface area (Å²) in [5, 5.41) is 9.44. The van der Waals surface area contributed by atoms with Crippen molar-refractivity contribution in [2.75, 3.05) is 16.4 Å². The number of amides is 1. The van der Waals surface area contributed by atoms with Crippen molar-refractivity contribution in [3.8, 4) is 6.07 Å². The lowest BCUT2D eigenvalue weighted by Crippen LogP contribution is -2.37. The zero-order valence-corrected chi connectivity index (χ0v) is 14.2. The Morgan fingerprint density at radius 3 is 2.74 bits per heavy atom. The summed E-state index contributed by atoms with van der Waals surface area (Å²) < 4.78 is 23.8. The van der Waals surface area contributed by atoms with E-state index in [9.17, 15) is 13.2 Å². The van der Waals surface area contributed by atoms with Crippen molar-refractivity contribution in [3.63, 3.8) is 0 Å². The average molecular weight is 370 g/mol. The number of thioether (sulfide) groups is 1. The molecule has 1 amide bonds. The molecule has 1 aromatic carbocycles. The minimum atomic E-state index is -3.10. The molecule has 0 radical (unpaired) electrons. The van der Waals surface area contributed by atoms with Gasteiger partial charge in [0.15, 0.2) is 15.0 Å². The minimum absolute atomic E-state index is 0.0265. The van der Waals surface area contributed by atoms with Gasteiger partial charge in [0, 0.05) is 16.0 Å². The Morgan fingerprint density at radius 1 is 1.39 bits per heavy atom. The van der Waals surface area contributed by atoms with Crippen molar-refractivity contribution >= 4 is 50.0 Å². The first-order chi connectivity index (χ1) is 10.9. The van der Waals surface area contributed by atoms with E-state index >= 15 is 0 Å². The molecule has 0 bridgehead atoms. The van der Waals surface area contributed by atoms with Gasteiger partial charge in [0.25, 0.3) is 5.91 Å². The maximum Gasteiger partial charge on any atom is 0.262 e. The number of aliphatic imine (C=N–C) groups is 1. The topological polar surface area (TPSA) is 90.6 Å². The van der Waals surface area contributed by atoms with Gasteiger partial charge < -0.3 is 4.90 Å². The van der Waals surface area contributed by atoms with Gasteiger partial charge in [-0.05, 0) is 24.3 Å². The molecule has 2 atom stereocenters. The summed E-state index contributed by atoms with van der Waals surface area (Å²) in [6.45, 7) is 0. The number of rotatable bonds is 2. The predicted octanol–water partition coefficient (Wildman–Crippen LogP) is 1.86. The molecule has 0 spiro atoms. The lowest BCUT2D eigenvalue weighted by Gasteiger charge is -2.24. The first kappa shape index (κ1) is 16.3. The zero-order valence-electron chi connectivity index (χ0n) is 11.8. The fourth-order valence-electron chi connectivity index (χ4n) is 2.68. The van der Waals surface area contributed by atoms with Gasteiger partial charge in [-0.1, -0.05) is 23.4 Å². The number of hydrogen-bond acceptors (Lipinski definition) is 5. The monoisotopic (exact) mass is 369 g/mol. The number of amidine groups is 1. The SMILES string of the molecule is N#CCC(=O)N=C1SC2CS(=O)(=O)CC2N1c1ccc(Cl)cc1. The van der Waals surface area contributed by atoms with Crippen LogP contribution >= 0.6 is 23.4 Å². The van der Waals surface area contributed by atoms with E-state index in [0.717, 1.165) is 5.69 Å². The maximum absolute atomic E-state index is 11.9. The fraction of sp³-hybridized carbons (Fsp3) is 0.357. The van der Waals surface area contributed by atoms with Crippen LogP contribution in [-0.4, -0.2) is 42.3 Å². The van der Waals surface area contributed by atoms with Crippen molar-refractivity contribution < 1.29 is 13.2 Å². The molecular formula is C14H12ClN3O3S2. The van der Waals surface area contributed by atoms with E-state index in [2.05, 4.69) is 4.99 Å². The van der Waals surface area contributed by atoms with Crippen molar-refractivity contribution in [1.82, 2.24) is 0 Å². The summed E-state index contributed by atoms with van der Waals surface area (Å²) in [5.74, 6) is -0.437. The minimum Gasteiger partial charge on any atom is -0.316 e. The van der Waals surface area contributed by atoms with Gasteiger partial charge >= 0.3 is 0 Å². The highest BCUT2D eigenvalue weighted by Crippen LogP contribution is 2.41. The molecule has 0 N–H and O–H groups in total. The van der Waals surface area contributed by atoms with Crippen LogP contribution in [0.4, 0.5) is 5.69 Å². The fourth-order valence-corrected chi connectivity index (χ4v) is 6.74. The molecule has 9 heteroatoms. The Bertz CT molecular complexity index is 815. The quantitative estimate of drug-likeness (QED) is 0.790. The van der Waals surface area contributed by atoms with Crippen LogP contribution in [0.25, 0.3) is 0 Å². The zero-order chi connectivity index (χ0) is 16.6. The summed E-state index contributed by atoms with van der Waals surface area (Å²) in [5.41, 5.74) is 0.731. The van der Waals surface area contributed by atoms with Crippen LogP contribution in [-0.2, 0) is 14.6 Å². The number of nitrogens with zero attached hydrogens (tertiary/aromatic N) is 3. The Kier molecular flexibility index (Phi) is 4.36. The molecule has 2 aliphatic heterocycles. The first-order valence-corrected chi connectivity index (χ1v) is 9.88. The smallest absolute Gasteiger partial charge is 0.262 e. The molecule has 2 heterocycles. The summed E-state index contributed by atoms with van der Waals surface area (Å²) >= 11 is 7.18. The van der Waals surface area contributed by atoms with Gasteiger partial charge in [0.2, 0.25) is 0 Å². The standard InChI is InChI=1S/C14H12ClN3O3S2/c15-9-1-3-10(4-2-9)18-11-7-23(20,21)8-12(11)22-14(18)17-13(19)5-6-16/h1-4,11-12H,5,7-8H2.